The third-order valence-electron chi connectivity index (χ3n) is 6.57. The molecule has 0 unspecified atom stereocenters. The predicted molar refractivity (Wildman–Crippen MR) is 156 cm³/mol. The van der Waals surface area contributed by atoms with E-state index in [9.17, 15) is 18.0 Å². The minimum Gasteiger partial charge on any atom is -0.354 e. The Bertz CT molecular complexity index is 1410. The largest absolute Gasteiger partial charge is 0.354 e. The average molecular weight is 570 g/mol. The zero-order valence-electron chi connectivity index (χ0n) is 23.0. The normalized spacial score (nSPS) is 12.2. The predicted octanol–water partition coefficient (Wildman–Crippen LogP) is 5.34. The van der Waals surface area contributed by atoms with Crippen LogP contribution in [0.25, 0.3) is 0 Å². The molecule has 2 amide bonds. The number of rotatable bonds is 11. The van der Waals surface area contributed by atoms with Crippen molar-refractivity contribution >= 4 is 39.1 Å². The highest BCUT2D eigenvalue weighted by Crippen LogP contribution is 2.31. The summed E-state index contributed by atoms with van der Waals surface area (Å²) in [5.74, 6) is -0.578. The number of anilines is 1. The summed E-state index contributed by atoms with van der Waals surface area (Å²) in [6.45, 7) is 9.38. The Kier molecular flexibility index (Phi) is 10.2. The number of nitrogens with one attached hydrogen (secondary N) is 1. The maximum atomic E-state index is 14.0. The van der Waals surface area contributed by atoms with Gasteiger partial charge in [0.2, 0.25) is 11.8 Å². The minimum absolute atomic E-state index is 0.0466. The van der Waals surface area contributed by atoms with Gasteiger partial charge in [0.05, 0.1) is 10.6 Å². The Morgan fingerprint density at radius 1 is 0.897 bits per heavy atom. The molecule has 0 saturated carbocycles. The van der Waals surface area contributed by atoms with Crippen LogP contribution in [0.3, 0.4) is 0 Å². The van der Waals surface area contributed by atoms with Crippen LogP contribution >= 0.6 is 11.6 Å². The first-order valence-electron chi connectivity index (χ1n) is 12.9. The summed E-state index contributed by atoms with van der Waals surface area (Å²) in [4.78, 5) is 28.6. The van der Waals surface area contributed by atoms with Gasteiger partial charge in [0.25, 0.3) is 10.0 Å². The number of hydrogen-bond acceptors (Lipinski definition) is 4. The van der Waals surface area contributed by atoms with Gasteiger partial charge in [-0.2, -0.15) is 0 Å². The molecule has 7 nitrogen and oxygen atoms in total. The summed E-state index contributed by atoms with van der Waals surface area (Å²) in [7, 11) is -4.14. The molecule has 0 aromatic heterocycles. The lowest BCUT2D eigenvalue weighted by Crippen LogP contribution is -2.51. The highest BCUT2D eigenvalue weighted by atomic mass is 35.5. The van der Waals surface area contributed by atoms with Crippen LogP contribution in [0.4, 0.5) is 5.69 Å². The Morgan fingerprint density at radius 3 is 2.18 bits per heavy atom. The lowest BCUT2D eigenvalue weighted by atomic mass is 10.1. The van der Waals surface area contributed by atoms with E-state index < -0.39 is 28.5 Å². The van der Waals surface area contributed by atoms with Crippen LogP contribution in [0, 0.1) is 19.8 Å². The maximum Gasteiger partial charge on any atom is 0.264 e. The lowest BCUT2D eigenvalue weighted by molar-refractivity contribution is -0.139. The molecule has 1 N–H and O–H groups in total. The summed E-state index contributed by atoms with van der Waals surface area (Å²) in [5, 5.41) is 3.27. The first-order valence-corrected chi connectivity index (χ1v) is 14.7. The van der Waals surface area contributed by atoms with Crippen LogP contribution in [0.1, 0.15) is 37.5 Å². The van der Waals surface area contributed by atoms with E-state index in [1.165, 1.54) is 17.0 Å². The molecule has 0 heterocycles. The van der Waals surface area contributed by atoms with Crippen molar-refractivity contribution in [3.8, 4) is 0 Å². The number of nitrogens with zero attached hydrogens (tertiary/aromatic N) is 2. The molecule has 0 spiro atoms. The second-order valence-corrected chi connectivity index (χ2v) is 12.2. The van der Waals surface area contributed by atoms with E-state index >= 15 is 0 Å². The SMILES string of the molecule is Cc1ccccc1CN(C(=O)CN(c1cccc(Cl)c1C)S(=O)(=O)c1ccccc1)[C@H](C)C(=O)NCC(C)C. The molecular weight excluding hydrogens is 534 g/mol. The van der Waals surface area contributed by atoms with Crippen molar-refractivity contribution in [3.05, 3.63) is 94.5 Å². The average Bonchev–Trinajstić information content (AvgIpc) is 2.91. The van der Waals surface area contributed by atoms with Crippen molar-refractivity contribution in [2.45, 2.75) is 52.1 Å². The van der Waals surface area contributed by atoms with Crippen molar-refractivity contribution in [1.29, 1.82) is 0 Å². The fraction of sp³-hybridized carbons (Fsp3) is 0.333. The summed E-state index contributed by atoms with van der Waals surface area (Å²) in [6.07, 6.45) is 0. The Labute approximate surface area is 236 Å². The summed E-state index contributed by atoms with van der Waals surface area (Å²) in [5.41, 5.74) is 2.66. The molecule has 0 radical (unpaired) electrons. The molecule has 3 aromatic rings. The number of sulfonamides is 1. The van der Waals surface area contributed by atoms with E-state index in [0.29, 0.717) is 22.8 Å². The van der Waals surface area contributed by atoms with Crippen LogP contribution in [0.5, 0.6) is 0 Å². The molecular formula is C30H36ClN3O4S. The molecule has 0 bridgehead atoms. The fourth-order valence-corrected chi connectivity index (χ4v) is 5.77. The third-order valence-corrected chi connectivity index (χ3v) is 8.76. The Balaban J connectivity index is 2.05. The highest BCUT2D eigenvalue weighted by Gasteiger charge is 2.33. The first kappa shape index (κ1) is 30.2. The summed E-state index contributed by atoms with van der Waals surface area (Å²) < 4.78 is 28.8. The van der Waals surface area contributed by atoms with E-state index in [1.54, 1.807) is 50.2 Å². The van der Waals surface area contributed by atoms with Gasteiger partial charge in [0.15, 0.2) is 0 Å². The van der Waals surface area contributed by atoms with E-state index in [2.05, 4.69) is 5.32 Å². The number of hydrogen-bond donors (Lipinski definition) is 1. The van der Waals surface area contributed by atoms with Gasteiger partial charge in [-0.15, -0.1) is 0 Å². The molecule has 0 fully saturated rings. The monoisotopic (exact) mass is 569 g/mol. The first-order chi connectivity index (χ1) is 18.4. The van der Waals surface area contributed by atoms with Crippen molar-refractivity contribution in [3.63, 3.8) is 0 Å². The third kappa shape index (κ3) is 7.40. The van der Waals surface area contributed by atoms with Gasteiger partial charge in [-0.3, -0.25) is 13.9 Å². The molecule has 0 aliphatic rings. The quantitative estimate of drug-likeness (QED) is 0.338. The van der Waals surface area contributed by atoms with Crippen LogP contribution in [-0.2, 0) is 26.2 Å². The van der Waals surface area contributed by atoms with Gasteiger partial charge in [-0.05, 0) is 67.6 Å². The highest BCUT2D eigenvalue weighted by molar-refractivity contribution is 7.92. The van der Waals surface area contributed by atoms with Crippen LogP contribution in [-0.4, -0.2) is 44.3 Å². The maximum absolute atomic E-state index is 14.0. The smallest absolute Gasteiger partial charge is 0.264 e. The molecule has 0 aliphatic carbocycles. The second-order valence-electron chi connectivity index (χ2n) is 9.97. The van der Waals surface area contributed by atoms with E-state index in [1.807, 2.05) is 45.0 Å². The Morgan fingerprint density at radius 2 is 1.54 bits per heavy atom. The van der Waals surface area contributed by atoms with Gasteiger partial charge in [0.1, 0.15) is 12.6 Å². The molecule has 1 atom stereocenters. The zero-order valence-corrected chi connectivity index (χ0v) is 24.6. The molecule has 39 heavy (non-hydrogen) atoms. The summed E-state index contributed by atoms with van der Waals surface area (Å²) in [6, 6.07) is 19.7. The minimum atomic E-state index is -4.14. The molecule has 3 aromatic carbocycles. The fourth-order valence-electron chi connectivity index (χ4n) is 4.11. The molecule has 3 rings (SSSR count). The number of halogens is 1. The number of amides is 2. The molecule has 208 valence electrons. The van der Waals surface area contributed by atoms with Crippen molar-refractivity contribution in [1.82, 2.24) is 10.2 Å². The van der Waals surface area contributed by atoms with E-state index in [-0.39, 0.29) is 23.3 Å². The van der Waals surface area contributed by atoms with Crippen LogP contribution < -0.4 is 9.62 Å². The molecule has 9 heteroatoms. The van der Waals surface area contributed by atoms with Gasteiger partial charge in [-0.1, -0.05) is 74.0 Å². The zero-order chi connectivity index (χ0) is 28.7. The van der Waals surface area contributed by atoms with Crippen LogP contribution in [0.2, 0.25) is 5.02 Å². The van der Waals surface area contributed by atoms with Gasteiger partial charge in [0, 0.05) is 18.1 Å². The molecule has 0 saturated heterocycles. The van der Waals surface area contributed by atoms with Crippen LogP contribution in [0.15, 0.2) is 77.7 Å². The number of carbonyl (C=O) groups excluding carboxylic acids is 2. The van der Waals surface area contributed by atoms with E-state index in [0.717, 1.165) is 15.4 Å². The number of carbonyl (C=O) groups is 2. The van der Waals surface area contributed by atoms with E-state index in [4.69, 9.17) is 11.6 Å². The van der Waals surface area contributed by atoms with Crippen molar-refractivity contribution in [2.24, 2.45) is 5.92 Å². The molecule has 0 aliphatic heterocycles. The van der Waals surface area contributed by atoms with Gasteiger partial charge < -0.3 is 10.2 Å². The topological polar surface area (TPSA) is 86.8 Å². The number of aryl methyl sites for hydroxylation is 1. The second kappa shape index (κ2) is 13.1. The van der Waals surface area contributed by atoms with Gasteiger partial charge >= 0.3 is 0 Å². The number of benzene rings is 3. The Hall–Kier alpha value is -3.36. The van der Waals surface area contributed by atoms with Crippen molar-refractivity contribution < 1.29 is 18.0 Å². The van der Waals surface area contributed by atoms with Crippen molar-refractivity contribution in [2.75, 3.05) is 17.4 Å². The van der Waals surface area contributed by atoms with Gasteiger partial charge in [-0.25, -0.2) is 8.42 Å². The standard InChI is InChI=1S/C30H36ClN3O4S/c1-21(2)18-32-30(36)24(5)33(19-25-13-10-9-12-22(25)3)29(35)20-34(28-17-11-16-27(31)23(28)4)39(37,38)26-14-7-6-8-15-26/h6-17,21,24H,18-20H2,1-5H3,(H,32,36)/t24-/m1/s1. The lowest BCUT2D eigenvalue weighted by Gasteiger charge is -2.33. The summed E-state index contributed by atoms with van der Waals surface area (Å²) >= 11 is 6.36.